The molecule has 0 radical (unpaired) electrons. The van der Waals surface area contributed by atoms with Gasteiger partial charge in [0.2, 0.25) is 5.95 Å². The van der Waals surface area contributed by atoms with E-state index in [1.54, 1.807) is 24.3 Å². The Morgan fingerprint density at radius 3 is 2.49 bits per heavy atom. The van der Waals surface area contributed by atoms with Gasteiger partial charge in [0.25, 0.3) is 5.69 Å². The van der Waals surface area contributed by atoms with Crippen LogP contribution in [-0.2, 0) is 4.74 Å². The minimum absolute atomic E-state index is 0.271. The molecule has 0 saturated heterocycles. The van der Waals surface area contributed by atoms with E-state index in [4.69, 9.17) is 0 Å². The van der Waals surface area contributed by atoms with Crippen molar-refractivity contribution in [3.8, 4) is 0 Å². The van der Waals surface area contributed by atoms with E-state index < -0.39 is 22.9 Å². The normalized spacial score (nSPS) is 10.6. The number of amides is 3. The standard InChI is InChI=1S/C22H17FN6O5S/c1-34-22(31)28-20-25-17-9-7-15(11-19(17)26-20)35-14-5-2-12(3-6-14)24-21(30)27-18-10-13(29(32)33)4-8-16(18)23/h2-11H,1H3,(H2,24,27,30)(H2,25,26,28,31). The van der Waals surface area contributed by atoms with Crippen molar-refractivity contribution in [2.75, 3.05) is 23.1 Å². The molecule has 13 heteroatoms. The first-order valence-electron chi connectivity index (χ1n) is 9.95. The Morgan fingerprint density at radius 1 is 1.03 bits per heavy atom. The van der Waals surface area contributed by atoms with Crippen molar-refractivity contribution < 1.29 is 23.6 Å². The summed E-state index contributed by atoms with van der Waals surface area (Å²) >= 11 is 1.46. The third-order valence-electron chi connectivity index (χ3n) is 4.62. The van der Waals surface area contributed by atoms with Crippen molar-refractivity contribution in [3.05, 3.63) is 76.6 Å². The first kappa shape index (κ1) is 23.5. The van der Waals surface area contributed by atoms with Gasteiger partial charge in [-0.15, -0.1) is 0 Å². The van der Waals surface area contributed by atoms with E-state index in [1.165, 1.54) is 18.9 Å². The van der Waals surface area contributed by atoms with Crippen LogP contribution in [0.1, 0.15) is 0 Å². The molecule has 4 rings (SSSR count). The number of benzene rings is 3. The van der Waals surface area contributed by atoms with Crippen LogP contribution in [0.2, 0.25) is 0 Å². The van der Waals surface area contributed by atoms with E-state index in [2.05, 4.69) is 30.7 Å². The second kappa shape index (κ2) is 10.1. The van der Waals surface area contributed by atoms with E-state index in [0.717, 1.165) is 33.5 Å². The molecule has 11 nitrogen and oxygen atoms in total. The van der Waals surface area contributed by atoms with Gasteiger partial charge in [0.1, 0.15) is 5.82 Å². The van der Waals surface area contributed by atoms with Gasteiger partial charge in [-0.3, -0.25) is 15.4 Å². The maximum Gasteiger partial charge on any atom is 0.413 e. The minimum atomic E-state index is -0.792. The quantitative estimate of drug-likeness (QED) is 0.201. The SMILES string of the molecule is COC(=O)Nc1nc2cc(Sc3ccc(NC(=O)Nc4cc([N+](=O)[O-])ccc4F)cc3)ccc2[nH]1. The third-order valence-corrected chi connectivity index (χ3v) is 5.61. The highest BCUT2D eigenvalue weighted by Crippen LogP contribution is 2.31. The number of imidazole rings is 1. The number of urea groups is 1. The number of carbonyl (C=O) groups is 2. The van der Waals surface area contributed by atoms with E-state index >= 15 is 0 Å². The Balaban J connectivity index is 1.38. The fourth-order valence-electron chi connectivity index (χ4n) is 3.01. The van der Waals surface area contributed by atoms with Crippen LogP contribution in [0.15, 0.2) is 70.5 Å². The highest BCUT2D eigenvalue weighted by atomic mass is 32.2. The highest BCUT2D eigenvalue weighted by Gasteiger charge is 2.13. The Hall–Kier alpha value is -4.65. The van der Waals surface area contributed by atoms with Crippen molar-refractivity contribution in [1.29, 1.82) is 0 Å². The number of H-pyrrole nitrogens is 1. The number of anilines is 3. The molecule has 0 bridgehead atoms. The number of fused-ring (bicyclic) bond motifs is 1. The van der Waals surface area contributed by atoms with Gasteiger partial charge in [-0.05, 0) is 48.5 Å². The summed E-state index contributed by atoms with van der Waals surface area (Å²) in [5.74, 6) is -0.521. The molecule has 1 aromatic heterocycles. The maximum atomic E-state index is 13.9. The number of aromatic amines is 1. The van der Waals surface area contributed by atoms with Crippen molar-refractivity contribution >= 4 is 57.9 Å². The Labute approximate surface area is 201 Å². The molecule has 0 saturated carbocycles. The smallest absolute Gasteiger partial charge is 0.413 e. The fraction of sp³-hybridized carbons (Fsp3) is 0.0455. The summed E-state index contributed by atoms with van der Waals surface area (Å²) in [7, 11) is 1.26. The molecule has 0 aliphatic rings. The van der Waals surface area contributed by atoms with Gasteiger partial charge < -0.3 is 20.4 Å². The number of nitro groups is 1. The molecule has 0 aliphatic heterocycles. The molecule has 4 N–H and O–H groups in total. The van der Waals surface area contributed by atoms with Crippen LogP contribution in [0.4, 0.5) is 37.0 Å². The number of aromatic nitrogens is 2. The number of hydrogen-bond acceptors (Lipinski definition) is 7. The number of non-ortho nitro benzene ring substituents is 1. The average molecular weight is 496 g/mol. The number of methoxy groups -OCH3 is 1. The number of carbonyl (C=O) groups excluding carboxylic acids is 2. The van der Waals surface area contributed by atoms with Crippen LogP contribution in [-0.4, -0.2) is 34.1 Å². The number of hydrogen-bond donors (Lipinski definition) is 4. The zero-order valence-electron chi connectivity index (χ0n) is 18.0. The lowest BCUT2D eigenvalue weighted by Gasteiger charge is -2.09. The molecule has 0 spiro atoms. The third kappa shape index (κ3) is 5.83. The lowest BCUT2D eigenvalue weighted by Crippen LogP contribution is -2.20. The molecule has 0 atom stereocenters. The summed E-state index contributed by atoms with van der Waals surface area (Å²) in [4.78, 5) is 42.8. The topological polar surface area (TPSA) is 151 Å². The fourth-order valence-corrected chi connectivity index (χ4v) is 3.86. The molecular formula is C22H17FN6O5S. The minimum Gasteiger partial charge on any atom is -0.453 e. The summed E-state index contributed by atoms with van der Waals surface area (Å²) in [6.07, 6.45) is -0.628. The summed E-state index contributed by atoms with van der Waals surface area (Å²) in [6, 6.07) is 14.6. The number of halogens is 1. The van der Waals surface area contributed by atoms with Gasteiger partial charge in [-0.1, -0.05) is 11.8 Å². The summed E-state index contributed by atoms with van der Waals surface area (Å²) in [5, 5.41) is 18.1. The van der Waals surface area contributed by atoms with Crippen LogP contribution >= 0.6 is 11.8 Å². The van der Waals surface area contributed by atoms with Crippen LogP contribution < -0.4 is 16.0 Å². The number of rotatable bonds is 6. The summed E-state index contributed by atoms with van der Waals surface area (Å²) < 4.78 is 18.4. The van der Waals surface area contributed by atoms with Crippen LogP contribution in [0.5, 0.6) is 0 Å². The van der Waals surface area contributed by atoms with Gasteiger partial charge in [-0.2, -0.15) is 0 Å². The molecule has 35 heavy (non-hydrogen) atoms. The van der Waals surface area contributed by atoms with E-state index in [9.17, 15) is 24.1 Å². The highest BCUT2D eigenvalue weighted by molar-refractivity contribution is 7.99. The van der Waals surface area contributed by atoms with Crippen LogP contribution in [0, 0.1) is 15.9 Å². The molecule has 1 heterocycles. The number of nitrogens with one attached hydrogen (secondary N) is 4. The van der Waals surface area contributed by atoms with E-state index in [0.29, 0.717) is 11.2 Å². The molecule has 0 fully saturated rings. The molecular weight excluding hydrogens is 479 g/mol. The molecule has 178 valence electrons. The van der Waals surface area contributed by atoms with Gasteiger partial charge >= 0.3 is 12.1 Å². The second-order valence-corrected chi connectivity index (χ2v) is 8.15. The lowest BCUT2D eigenvalue weighted by molar-refractivity contribution is -0.384. The lowest BCUT2D eigenvalue weighted by atomic mass is 10.2. The number of nitro benzene ring substituents is 1. The number of ether oxygens (including phenoxy) is 1. The average Bonchev–Trinajstić information content (AvgIpc) is 3.23. The largest absolute Gasteiger partial charge is 0.453 e. The monoisotopic (exact) mass is 496 g/mol. The van der Waals surface area contributed by atoms with Crippen molar-refractivity contribution in [2.45, 2.75) is 9.79 Å². The zero-order chi connectivity index (χ0) is 24.9. The molecule has 3 amide bonds. The van der Waals surface area contributed by atoms with Crippen molar-refractivity contribution in [3.63, 3.8) is 0 Å². The van der Waals surface area contributed by atoms with Crippen molar-refractivity contribution in [1.82, 2.24) is 9.97 Å². The maximum absolute atomic E-state index is 13.9. The summed E-state index contributed by atoms with van der Waals surface area (Å²) in [5.41, 5.74) is 1.20. The zero-order valence-corrected chi connectivity index (χ0v) is 18.8. The molecule has 4 aromatic rings. The predicted octanol–water partition coefficient (Wildman–Crippen LogP) is 5.58. The summed E-state index contributed by atoms with van der Waals surface area (Å²) in [6.45, 7) is 0. The van der Waals surface area contributed by atoms with Gasteiger partial charge in [0, 0.05) is 27.6 Å². The van der Waals surface area contributed by atoms with Crippen LogP contribution in [0.3, 0.4) is 0 Å². The Kier molecular flexibility index (Phi) is 6.78. The van der Waals surface area contributed by atoms with Gasteiger partial charge in [0.15, 0.2) is 0 Å². The Morgan fingerprint density at radius 2 is 1.77 bits per heavy atom. The molecule has 3 aromatic carbocycles. The second-order valence-electron chi connectivity index (χ2n) is 7.01. The Bertz CT molecular complexity index is 1430. The molecule has 0 unspecified atom stereocenters. The molecule has 0 aliphatic carbocycles. The predicted molar refractivity (Wildman–Crippen MR) is 128 cm³/mol. The number of nitrogens with zero attached hydrogens (tertiary/aromatic N) is 2. The van der Waals surface area contributed by atoms with E-state index in [-0.39, 0.29) is 17.3 Å². The first-order chi connectivity index (χ1) is 16.8. The van der Waals surface area contributed by atoms with Gasteiger partial charge in [0.05, 0.1) is 28.8 Å². The van der Waals surface area contributed by atoms with E-state index in [1.807, 2.05) is 18.2 Å². The van der Waals surface area contributed by atoms with Crippen LogP contribution in [0.25, 0.3) is 11.0 Å². The van der Waals surface area contributed by atoms with Gasteiger partial charge in [-0.25, -0.2) is 19.0 Å². The first-order valence-corrected chi connectivity index (χ1v) is 10.8. The van der Waals surface area contributed by atoms with Crippen molar-refractivity contribution in [2.24, 2.45) is 0 Å².